The van der Waals surface area contributed by atoms with Gasteiger partial charge < -0.3 is 9.26 Å². The van der Waals surface area contributed by atoms with Gasteiger partial charge in [0.25, 0.3) is 5.89 Å². The van der Waals surface area contributed by atoms with Crippen LogP contribution in [0.4, 0.5) is 0 Å². The smallest absolute Gasteiger partial charge is 0.338 e. The average molecular weight is 381 g/mol. The summed E-state index contributed by atoms with van der Waals surface area (Å²) in [6.07, 6.45) is 0. The highest BCUT2D eigenvalue weighted by Crippen LogP contribution is 2.17. The quantitative estimate of drug-likeness (QED) is 0.647. The zero-order valence-corrected chi connectivity index (χ0v) is 16.1. The van der Waals surface area contributed by atoms with Crippen LogP contribution < -0.4 is 0 Å². The summed E-state index contributed by atoms with van der Waals surface area (Å²) in [5.74, 6) is 0.273. The third-order valence-electron chi connectivity index (χ3n) is 3.76. The van der Waals surface area contributed by atoms with Crippen LogP contribution in [0.2, 0.25) is 0 Å². The normalized spacial score (nSPS) is 11.9. The lowest BCUT2D eigenvalue weighted by Gasteiger charge is -2.18. The van der Waals surface area contributed by atoms with Crippen LogP contribution in [0.1, 0.15) is 55.7 Å². The molecule has 0 spiro atoms. The Morgan fingerprint density at radius 1 is 1.19 bits per heavy atom. The first kappa shape index (κ1) is 20.1. The van der Waals surface area contributed by atoms with E-state index in [4.69, 9.17) is 9.26 Å². The van der Waals surface area contributed by atoms with Crippen molar-refractivity contribution in [2.24, 2.45) is 0 Å². The van der Waals surface area contributed by atoms with E-state index < -0.39 is 16.0 Å². The highest BCUT2D eigenvalue weighted by Gasteiger charge is 2.22. The SMILES string of the molecule is CCN(CC)S(=O)(=O)c1ccc(C(=O)OCc2nc(C(C)C)no2)cc1. The molecular weight excluding hydrogens is 358 g/mol. The maximum Gasteiger partial charge on any atom is 0.338 e. The highest BCUT2D eigenvalue weighted by molar-refractivity contribution is 7.89. The number of benzene rings is 1. The first-order valence-electron chi connectivity index (χ1n) is 8.39. The number of carbonyl (C=O) groups excluding carboxylic acids is 1. The molecule has 9 heteroatoms. The summed E-state index contributed by atoms with van der Waals surface area (Å²) in [6, 6.07) is 5.64. The first-order chi connectivity index (χ1) is 12.3. The Morgan fingerprint density at radius 2 is 1.81 bits per heavy atom. The lowest BCUT2D eigenvalue weighted by atomic mass is 10.2. The fourth-order valence-corrected chi connectivity index (χ4v) is 3.71. The number of rotatable bonds is 8. The zero-order valence-electron chi connectivity index (χ0n) is 15.3. The van der Waals surface area contributed by atoms with Crippen LogP contribution in [-0.2, 0) is 21.4 Å². The lowest BCUT2D eigenvalue weighted by molar-refractivity contribution is 0.0429. The predicted octanol–water partition coefficient (Wildman–Crippen LogP) is 2.58. The van der Waals surface area contributed by atoms with E-state index in [0.717, 1.165) is 0 Å². The molecule has 0 amide bonds. The Morgan fingerprint density at radius 3 is 2.31 bits per heavy atom. The molecule has 0 saturated heterocycles. The fourth-order valence-electron chi connectivity index (χ4n) is 2.25. The summed E-state index contributed by atoms with van der Waals surface area (Å²) in [5.41, 5.74) is 0.243. The van der Waals surface area contributed by atoms with Crippen LogP contribution in [0.25, 0.3) is 0 Å². The molecule has 2 aromatic rings. The predicted molar refractivity (Wildman–Crippen MR) is 94.1 cm³/mol. The van der Waals surface area contributed by atoms with Crippen molar-refractivity contribution in [1.29, 1.82) is 0 Å². The second-order valence-electron chi connectivity index (χ2n) is 5.89. The molecule has 26 heavy (non-hydrogen) atoms. The van der Waals surface area contributed by atoms with Gasteiger partial charge in [-0.15, -0.1) is 0 Å². The minimum Gasteiger partial charge on any atom is -0.452 e. The summed E-state index contributed by atoms with van der Waals surface area (Å²) < 4.78 is 36.3. The number of ether oxygens (including phenoxy) is 1. The molecular formula is C17H23N3O5S. The third kappa shape index (κ3) is 4.47. The largest absolute Gasteiger partial charge is 0.452 e. The second-order valence-corrected chi connectivity index (χ2v) is 7.83. The summed E-state index contributed by atoms with van der Waals surface area (Å²) >= 11 is 0. The molecule has 142 valence electrons. The van der Waals surface area contributed by atoms with Gasteiger partial charge in [-0.1, -0.05) is 32.9 Å². The van der Waals surface area contributed by atoms with E-state index in [9.17, 15) is 13.2 Å². The van der Waals surface area contributed by atoms with Gasteiger partial charge in [-0.05, 0) is 24.3 Å². The van der Waals surface area contributed by atoms with Gasteiger partial charge >= 0.3 is 5.97 Å². The van der Waals surface area contributed by atoms with Gasteiger partial charge in [-0.2, -0.15) is 9.29 Å². The fraction of sp³-hybridized carbons (Fsp3) is 0.471. The molecule has 0 bridgehead atoms. The van der Waals surface area contributed by atoms with Crippen LogP contribution in [0, 0.1) is 0 Å². The minimum absolute atomic E-state index is 0.114. The molecule has 1 heterocycles. The van der Waals surface area contributed by atoms with Crippen molar-refractivity contribution < 1.29 is 22.5 Å². The number of hydrogen-bond donors (Lipinski definition) is 0. The first-order valence-corrected chi connectivity index (χ1v) is 9.83. The summed E-state index contributed by atoms with van der Waals surface area (Å²) in [6.45, 7) is 8.02. The van der Waals surface area contributed by atoms with E-state index in [0.29, 0.717) is 18.9 Å². The van der Waals surface area contributed by atoms with E-state index in [1.54, 1.807) is 13.8 Å². The number of esters is 1. The number of sulfonamides is 1. The highest BCUT2D eigenvalue weighted by atomic mass is 32.2. The summed E-state index contributed by atoms with van der Waals surface area (Å²) in [5, 5.41) is 3.79. The number of hydrogen-bond acceptors (Lipinski definition) is 7. The standard InChI is InChI=1S/C17H23N3O5S/c1-5-20(6-2)26(22,23)14-9-7-13(8-10-14)17(21)24-11-15-18-16(12(3)4)19-25-15/h7-10,12H,5-6,11H2,1-4H3. The van der Waals surface area contributed by atoms with Gasteiger partial charge in [-0.25, -0.2) is 13.2 Å². The summed E-state index contributed by atoms with van der Waals surface area (Å²) in [4.78, 5) is 16.3. The Balaban J connectivity index is 2.04. The van der Waals surface area contributed by atoms with Gasteiger partial charge in [0.15, 0.2) is 12.4 Å². The molecule has 0 aliphatic heterocycles. The van der Waals surface area contributed by atoms with Gasteiger partial charge in [-0.3, -0.25) is 0 Å². The molecule has 0 aliphatic rings. The Hall–Kier alpha value is -2.26. The molecule has 0 atom stereocenters. The second kappa shape index (κ2) is 8.41. The van der Waals surface area contributed by atoms with E-state index in [-0.39, 0.29) is 28.9 Å². The Kier molecular flexibility index (Phi) is 6.49. The maximum atomic E-state index is 12.4. The zero-order chi connectivity index (χ0) is 19.3. The molecule has 0 radical (unpaired) electrons. The molecule has 0 aliphatic carbocycles. The van der Waals surface area contributed by atoms with Crippen LogP contribution >= 0.6 is 0 Å². The topological polar surface area (TPSA) is 103 Å². The van der Waals surface area contributed by atoms with Gasteiger partial charge in [0, 0.05) is 19.0 Å². The van der Waals surface area contributed by atoms with Gasteiger partial charge in [0.1, 0.15) is 0 Å². The van der Waals surface area contributed by atoms with Gasteiger partial charge in [0.05, 0.1) is 10.5 Å². The van der Waals surface area contributed by atoms with Crippen molar-refractivity contribution >= 4 is 16.0 Å². The minimum atomic E-state index is -3.56. The molecule has 0 saturated carbocycles. The van der Waals surface area contributed by atoms with Gasteiger partial charge in [0.2, 0.25) is 10.0 Å². The number of nitrogens with zero attached hydrogens (tertiary/aromatic N) is 3. The summed E-state index contributed by atoms with van der Waals surface area (Å²) in [7, 11) is -3.56. The van der Waals surface area contributed by atoms with E-state index >= 15 is 0 Å². The van der Waals surface area contributed by atoms with Crippen molar-refractivity contribution in [3.63, 3.8) is 0 Å². The van der Waals surface area contributed by atoms with Crippen molar-refractivity contribution in [3.8, 4) is 0 Å². The number of aromatic nitrogens is 2. The molecule has 0 fully saturated rings. The third-order valence-corrected chi connectivity index (χ3v) is 5.82. The maximum absolute atomic E-state index is 12.4. The van der Waals surface area contributed by atoms with Crippen LogP contribution in [-0.4, -0.2) is 41.9 Å². The molecule has 2 rings (SSSR count). The number of carbonyl (C=O) groups is 1. The van der Waals surface area contributed by atoms with Crippen LogP contribution in [0.5, 0.6) is 0 Å². The van der Waals surface area contributed by atoms with Crippen molar-refractivity contribution in [2.75, 3.05) is 13.1 Å². The van der Waals surface area contributed by atoms with E-state index in [1.165, 1.54) is 28.6 Å². The molecule has 1 aromatic carbocycles. The van der Waals surface area contributed by atoms with E-state index in [1.807, 2.05) is 13.8 Å². The lowest BCUT2D eigenvalue weighted by Crippen LogP contribution is -2.30. The Bertz CT molecular complexity index is 840. The van der Waals surface area contributed by atoms with E-state index in [2.05, 4.69) is 10.1 Å². The van der Waals surface area contributed by atoms with Crippen molar-refractivity contribution in [2.45, 2.75) is 45.1 Å². The molecule has 8 nitrogen and oxygen atoms in total. The Labute approximate surface area is 153 Å². The monoisotopic (exact) mass is 381 g/mol. The molecule has 0 unspecified atom stereocenters. The van der Waals surface area contributed by atoms with Crippen LogP contribution in [0.15, 0.2) is 33.7 Å². The average Bonchev–Trinajstić information content (AvgIpc) is 3.10. The molecule has 1 aromatic heterocycles. The van der Waals surface area contributed by atoms with Crippen molar-refractivity contribution in [3.05, 3.63) is 41.5 Å². The molecule has 0 N–H and O–H groups in total. The van der Waals surface area contributed by atoms with Crippen LogP contribution in [0.3, 0.4) is 0 Å². The van der Waals surface area contributed by atoms with Crippen molar-refractivity contribution in [1.82, 2.24) is 14.4 Å².